The lowest BCUT2D eigenvalue weighted by atomic mass is 10.1. The van der Waals surface area contributed by atoms with Gasteiger partial charge < -0.3 is 9.47 Å². The summed E-state index contributed by atoms with van der Waals surface area (Å²) in [6.45, 7) is 4.12. The number of amides is 1. The fourth-order valence-electron chi connectivity index (χ4n) is 2.25. The van der Waals surface area contributed by atoms with E-state index in [9.17, 15) is 9.59 Å². The molecule has 0 saturated heterocycles. The van der Waals surface area contributed by atoms with Gasteiger partial charge in [-0.2, -0.15) is 5.10 Å². The van der Waals surface area contributed by atoms with Crippen molar-refractivity contribution in [2.75, 3.05) is 13.2 Å². The molecule has 6 heteroatoms. The molecule has 0 radical (unpaired) electrons. The fraction of sp³-hybridized carbons (Fsp3) is 0.286. The van der Waals surface area contributed by atoms with Crippen LogP contribution in [0.1, 0.15) is 42.6 Å². The molecular weight excluding hydrogens is 344 g/mol. The Labute approximate surface area is 159 Å². The van der Waals surface area contributed by atoms with Crippen LogP contribution in [0.15, 0.2) is 59.7 Å². The molecule has 1 amide bonds. The van der Waals surface area contributed by atoms with Crippen LogP contribution in [0, 0.1) is 0 Å². The van der Waals surface area contributed by atoms with Gasteiger partial charge in [0.05, 0.1) is 17.9 Å². The summed E-state index contributed by atoms with van der Waals surface area (Å²) in [5.41, 5.74) is 4.71. The molecule has 0 atom stereocenters. The van der Waals surface area contributed by atoms with E-state index in [0.29, 0.717) is 24.3 Å². The van der Waals surface area contributed by atoms with Crippen molar-refractivity contribution in [3.63, 3.8) is 0 Å². The van der Waals surface area contributed by atoms with Crippen molar-refractivity contribution in [2.24, 2.45) is 5.10 Å². The number of hydrogen-bond acceptors (Lipinski definition) is 5. The quantitative estimate of drug-likeness (QED) is 0.417. The number of carbonyl (C=O) groups excluding carboxylic acids is 2. The molecule has 2 aromatic rings. The highest BCUT2D eigenvalue weighted by Crippen LogP contribution is 2.13. The summed E-state index contributed by atoms with van der Waals surface area (Å²) >= 11 is 0. The number of benzene rings is 2. The van der Waals surface area contributed by atoms with E-state index >= 15 is 0 Å². The zero-order chi connectivity index (χ0) is 19.5. The first-order valence-electron chi connectivity index (χ1n) is 8.94. The molecule has 0 saturated carbocycles. The van der Waals surface area contributed by atoms with Crippen molar-refractivity contribution >= 4 is 17.6 Å². The Bertz CT molecular complexity index is 771. The minimum Gasteiger partial charge on any atom is -0.484 e. The van der Waals surface area contributed by atoms with E-state index in [2.05, 4.69) is 10.5 Å². The lowest BCUT2D eigenvalue weighted by molar-refractivity contribution is -0.123. The van der Waals surface area contributed by atoms with Crippen LogP contribution < -0.4 is 10.2 Å². The van der Waals surface area contributed by atoms with Gasteiger partial charge in [0.1, 0.15) is 5.75 Å². The lowest BCUT2D eigenvalue weighted by Gasteiger charge is -2.08. The van der Waals surface area contributed by atoms with Gasteiger partial charge in [-0.3, -0.25) is 4.79 Å². The minimum absolute atomic E-state index is 0.172. The monoisotopic (exact) mass is 368 g/mol. The van der Waals surface area contributed by atoms with E-state index in [-0.39, 0.29) is 18.5 Å². The molecule has 2 aromatic carbocycles. The maximum absolute atomic E-state index is 11.9. The summed E-state index contributed by atoms with van der Waals surface area (Å²) in [5, 5.41) is 4.17. The number of esters is 1. The number of hydrogen-bond donors (Lipinski definition) is 1. The molecule has 0 aliphatic carbocycles. The number of rotatable bonds is 9. The lowest BCUT2D eigenvalue weighted by Crippen LogP contribution is -2.26. The Morgan fingerprint density at radius 1 is 0.963 bits per heavy atom. The predicted molar refractivity (Wildman–Crippen MR) is 104 cm³/mol. The van der Waals surface area contributed by atoms with E-state index in [0.717, 1.165) is 17.7 Å². The summed E-state index contributed by atoms with van der Waals surface area (Å²) in [7, 11) is 0. The van der Waals surface area contributed by atoms with Crippen LogP contribution in [0.2, 0.25) is 0 Å². The van der Waals surface area contributed by atoms with Crippen LogP contribution in [0.3, 0.4) is 0 Å². The van der Waals surface area contributed by atoms with E-state index in [1.165, 1.54) is 0 Å². The van der Waals surface area contributed by atoms with Gasteiger partial charge >= 0.3 is 5.97 Å². The number of nitrogens with one attached hydrogen (secondary N) is 1. The number of ether oxygens (including phenoxy) is 2. The predicted octanol–water partition coefficient (Wildman–Crippen LogP) is 3.56. The first kappa shape index (κ1) is 20.2. The van der Waals surface area contributed by atoms with Crippen LogP contribution in [0.5, 0.6) is 5.75 Å². The number of carbonyl (C=O) groups is 2. The third kappa shape index (κ3) is 6.58. The Morgan fingerprint density at radius 2 is 1.67 bits per heavy atom. The highest BCUT2D eigenvalue weighted by Gasteiger charge is 2.08. The second kappa shape index (κ2) is 10.8. The maximum atomic E-state index is 11.9. The smallest absolute Gasteiger partial charge is 0.338 e. The summed E-state index contributed by atoms with van der Waals surface area (Å²) in [6.07, 6.45) is 1.47. The average Bonchev–Trinajstić information content (AvgIpc) is 2.72. The van der Waals surface area contributed by atoms with Crippen molar-refractivity contribution in [2.45, 2.75) is 26.7 Å². The van der Waals surface area contributed by atoms with Crippen molar-refractivity contribution in [3.05, 3.63) is 65.7 Å². The normalized spacial score (nSPS) is 11.0. The molecule has 6 nitrogen and oxygen atoms in total. The molecule has 0 heterocycles. The van der Waals surface area contributed by atoms with Crippen molar-refractivity contribution in [1.29, 1.82) is 0 Å². The van der Waals surface area contributed by atoms with Crippen molar-refractivity contribution < 1.29 is 19.1 Å². The Morgan fingerprint density at radius 3 is 2.30 bits per heavy atom. The Kier molecular flexibility index (Phi) is 8.03. The molecule has 1 N–H and O–H groups in total. The van der Waals surface area contributed by atoms with Gasteiger partial charge in [-0.15, -0.1) is 0 Å². The molecule has 142 valence electrons. The van der Waals surface area contributed by atoms with Gasteiger partial charge in [0, 0.05) is 0 Å². The van der Waals surface area contributed by atoms with E-state index in [1.807, 2.05) is 44.2 Å². The zero-order valence-electron chi connectivity index (χ0n) is 15.6. The van der Waals surface area contributed by atoms with Gasteiger partial charge in [-0.05, 0) is 42.7 Å². The van der Waals surface area contributed by atoms with Crippen LogP contribution >= 0.6 is 0 Å². The molecule has 0 fully saturated rings. The molecular formula is C21H24N2O4. The topological polar surface area (TPSA) is 77.0 Å². The second-order valence-electron chi connectivity index (χ2n) is 5.76. The van der Waals surface area contributed by atoms with Crippen LogP contribution in [-0.4, -0.2) is 30.8 Å². The van der Waals surface area contributed by atoms with Gasteiger partial charge in [-0.1, -0.05) is 44.2 Å². The third-order valence-electron chi connectivity index (χ3n) is 3.65. The largest absolute Gasteiger partial charge is 0.484 e. The van der Waals surface area contributed by atoms with E-state index in [1.54, 1.807) is 24.3 Å². The third-order valence-corrected chi connectivity index (χ3v) is 3.65. The SMILES string of the molecule is CCCOC(=O)c1ccc(OCC(=O)N/N=C(\CC)c2ccccc2)cc1. The second-order valence-corrected chi connectivity index (χ2v) is 5.76. The van der Waals surface area contributed by atoms with Gasteiger partial charge in [0.25, 0.3) is 5.91 Å². The Balaban J connectivity index is 1.84. The van der Waals surface area contributed by atoms with Crippen LogP contribution in [0.25, 0.3) is 0 Å². The standard InChI is InChI=1S/C21H24N2O4/c1-3-14-26-21(25)17-10-12-18(13-11-17)27-15-20(24)23-22-19(4-2)16-8-6-5-7-9-16/h5-13H,3-4,14-15H2,1-2H3,(H,23,24)/b22-19+. The molecule has 2 rings (SSSR count). The van der Waals surface area contributed by atoms with Crippen LogP contribution in [-0.2, 0) is 9.53 Å². The summed E-state index contributed by atoms with van der Waals surface area (Å²) in [4.78, 5) is 23.7. The minimum atomic E-state index is -0.372. The molecule has 0 aliphatic heterocycles. The maximum Gasteiger partial charge on any atom is 0.338 e. The fourth-order valence-corrected chi connectivity index (χ4v) is 2.25. The molecule has 0 spiro atoms. The molecule has 0 unspecified atom stereocenters. The summed E-state index contributed by atoms with van der Waals surface area (Å²) in [5.74, 6) is -0.244. The molecule has 0 aliphatic rings. The van der Waals surface area contributed by atoms with Gasteiger partial charge in [0.15, 0.2) is 6.61 Å². The number of hydrazone groups is 1. The Hall–Kier alpha value is -3.15. The van der Waals surface area contributed by atoms with Crippen molar-refractivity contribution in [1.82, 2.24) is 5.43 Å². The van der Waals surface area contributed by atoms with E-state index in [4.69, 9.17) is 9.47 Å². The summed E-state index contributed by atoms with van der Waals surface area (Å²) in [6, 6.07) is 16.1. The zero-order valence-corrected chi connectivity index (χ0v) is 15.6. The molecule has 0 bridgehead atoms. The summed E-state index contributed by atoms with van der Waals surface area (Å²) < 4.78 is 10.5. The number of nitrogens with zero attached hydrogens (tertiary/aromatic N) is 1. The average molecular weight is 368 g/mol. The van der Waals surface area contributed by atoms with Gasteiger partial charge in [-0.25, -0.2) is 10.2 Å². The van der Waals surface area contributed by atoms with Crippen molar-refractivity contribution in [3.8, 4) is 5.75 Å². The molecule has 0 aromatic heterocycles. The van der Waals surface area contributed by atoms with Gasteiger partial charge in [0.2, 0.25) is 0 Å². The van der Waals surface area contributed by atoms with Crippen LogP contribution in [0.4, 0.5) is 0 Å². The highest BCUT2D eigenvalue weighted by atomic mass is 16.5. The first-order valence-corrected chi connectivity index (χ1v) is 8.94. The van der Waals surface area contributed by atoms with E-state index < -0.39 is 0 Å². The first-order chi connectivity index (χ1) is 13.1. The molecule has 27 heavy (non-hydrogen) atoms. The highest BCUT2D eigenvalue weighted by molar-refractivity contribution is 6.00.